The van der Waals surface area contributed by atoms with Crippen molar-refractivity contribution in [1.29, 1.82) is 5.26 Å². The Morgan fingerprint density at radius 3 is 1.98 bits per heavy atom. The van der Waals surface area contributed by atoms with E-state index >= 15 is 0 Å². The maximum atomic E-state index is 13.1. The Morgan fingerprint density at radius 1 is 0.756 bits per heavy atom. The fourth-order valence-electron chi connectivity index (χ4n) is 5.23. The standard InChI is InChI=1S/C32H27N5O3S/c1-2-36-30-9-5-6-10-31(30)37(32(36)38)21-25-13-11-24(12-14-25)20-35-22-28(27-7-3-4-8-29(27)35)34-41(39,40)26-17-15-23(19-33)16-18-26/h3-18,22,34H,2,20-21H2,1H3. The monoisotopic (exact) mass is 561 g/mol. The highest BCUT2D eigenvalue weighted by atomic mass is 32.2. The molecule has 0 atom stereocenters. The number of aryl methyl sites for hydroxylation is 1. The van der Waals surface area contributed by atoms with E-state index in [1.165, 1.54) is 24.3 Å². The van der Waals surface area contributed by atoms with Crippen molar-refractivity contribution in [1.82, 2.24) is 13.7 Å². The lowest BCUT2D eigenvalue weighted by Gasteiger charge is -2.08. The first-order valence-corrected chi connectivity index (χ1v) is 14.7. The molecule has 4 aromatic carbocycles. The van der Waals surface area contributed by atoms with E-state index in [0.717, 1.165) is 33.1 Å². The van der Waals surface area contributed by atoms with Crippen molar-refractivity contribution >= 4 is 37.6 Å². The minimum Gasteiger partial charge on any atom is -0.341 e. The number of aromatic nitrogens is 3. The summed E-state index contributed by atoms with van der Waals surface area (Å²) in [7, 11) is -3.85. The molecule has 0 aliphatic carbocycles. The van der Waals surface area contributed by atoms with E-state index < -0.39 is 10.0 Å². The molecule has 41 heavy (non-hydrogen) atoms. The van der Waals surface area contributed by atoms with E-state index in [1.807, 2.05) is 90.4 Å². The number of imidazole rings is 1. The number of benzene rings is 4. The molecular weight excluding hydrogens is 534 g/mol. The zero-order valence-corrected chi connectivity index (χ0v) is 23.2. The quantitative estimate of drug-likeness (QED) is 0.263. The number of rotatable bonds is 8. The number of nitrogens with zero attached hydrogens (tertiary/aromatic N) is 4. The maximum Gasteiger partial charge on any atom is 0.329 e. The molecule has 0 saturated heterocycles. The van der Waals surface area contributed by atoms with Crippen molar-refractivity contribution in [3.8, 4) is 6.07 Å². The summed E-state index contributed by atoms with van der Waals surface area (Å²) in [6.45, 7) is 3.60. The minimum atomic E-state index is -3.85. The first-order chi connectivity index (χ1) is 19.9. The molecule has 0 radical (unpaired) electrons. The summed E-state index contributed by atoms with van der Waals surface area (Å²) in [6, 6.07) is 31.4. The predicted octanol–water partition coefficient (Wildman–Crippen LogP) is 5.55. The zero-order valence-electron chi connectivity index (χ0n) is 22.4. The van der Waals surface area contributed by atoms with Gasteiger partial charge in [-0.15, -0.1) is 0 Å². The first-order valence-electron chi connectivity index (χ1n) is 13.2. The van der Waals surface area contributed by atoms with Gasteiger partial charge < -0.3 is 4.57 Å². The van der Waals surface area contributed by atoms with Crippen LogP contribution in [0.1, 0.15) is 23.6 Å². The van der Waals surface area contributed by atoms with Crippen molar-refractivity contribution < 1.29 is 8.42 Å². The van der Waals surface area contributed by atoms with Crippen LogP contribution in [-0.4, -0.2) is 22.1 Å². The Balaban J connectivity index is 1.26. The summed E-state index contributed by atoms with van der Waals surface area (Å²) in [5.41, 5.74) is 5.66. The molecule has 6 aromatic rings. The number of anilines is 1. The average Bonchev–Trinajstić information content (AvgIpc) is 3.47. The number of hydrogen-bond acceptors (Lipinski definition) is 4. The Bertz CT molecular complexity index is 2100. The molecule has 6 rings (SSSR count). The lowest BCUT2D eigenvalue weighted by Crippen LogP contribution is -2.24. The fraction of sp³-hybridized carbons (Fsp3) is 0.125. The molecular formula is C32H27N5O3S. The highest BCUT2D eigenvalue weighted by Crippen LogP contribution is 2.29. The lowest BCUT2D eigenvalue weighted by molar-refractivity contribution is 0.601. The molecule has 0 saturated carbocycles. The molecule has 0 spiro atoms. The third-order valence-electron chi connectivity index (χ3n) is 7.28. The Morgan fingerprint density at radius 2 is 1.34 bits per heavy atom. The van der Waals surface area contributed by atoms with Gasteiger partial charge in [0.1, 0.15) is 0 Å². The van der Waals surface area contributed by atoms with Crippen molar-refractivity contribution in [3.05, 3.63) is 130 Å². The second-order valence-corrected chi connectivity index (χ2v) is 11.5. The Labute approximate surface area is 237 Å². The smallest absolute Gasteiger partial charge is 0.329 e. The maximum absolute atomic E-state index is 13.1. The van der Waals surface area contributed by atoms with Crippen LogP contribution in [0.4, 0.5) is 5.69 Å². The highest BCUT2D eigenvalue weighted by molar-refractivity contribution is 7.92. The number of nitrogens with one attached hydrogen (secondary N) is 1. The number of hydrogen-bond donors (Lipinski definition) is 1. The Hall–Kier alpha value is -5.07. The molecule has 2 aromatic heterocycles. The van der Waals surface area contributed by atoms with E-state index in [9.17, 15) is 13.2 Å². The van der Waals surface area contributed by atoms with Gasteiger partial charge in [0.05, 0.1) is 45.3 Å². The van der Waals surface area contributed by atoms with Crippen LogP contribution in [0.15, 0.2) is 113 Å². The first kappa shape index (κ1) is 26.2. The number of nitriles is 1. The van der Waals surface area contributed by atoms with Crippen molar-refractivity contribution in [2.24, 2.45) is 0 Å². The van der Waals surface area contributed by atoms with Crippen molar-refractivity contribution in [2.45, 2.75) is 31.5 Å². The summed E-state index contributed by atoms with van der Waals surface area (Å²) < 4.78 is 34.5. The normalized spacial score (nSPS) is 11.6. The fourth-order valence-corrected chi connectivity index (χ4v) is 6.30. The topological polar surface area (TPSA) is 102 Å². The SMILES string of the molecule is CCn1c(=O)n(Cc2ccc(Cn3cc(NS(=O)(=O)c4ccc(C#N)cc4)c4ccccc43)cc2)c2ccccc21. The lowest BCUT2D eigenvalue weighted by atomic mass is 10.1. The Kier molecular flexibility index (Phi) is 6.69. The van der Waals surface area contributed by atoms with Gasteiger partial charge in [0.25, 0.3) is 10.0 Å². The third kappa shape index (κ3) is 4.90. The summed E-state index contributed by atoms with van der Waals surface area (Å²) in [5, 5.41) is 9.80. The second kappa shape index (κ2) is 10.5. The zero-order chi connectivity index (χ0) is 28.6. The van der Waals surface area contributed by atoms with Crippen LogP contribution >= 0.6 is 0 Å². The number of para-hydroxylation sites is 3. The molecule has 0 aliphatic heterocycles. The van der Waals surface area contributed by atoms with Gasteiger partial charge in [-0.2, -0.15) is 5.26 Å². The van der Waals surface area contributed by atoms with Crippen LogP contribution < -0.4 is 10.4 Å². The molecule has 0 aliphatic rings. The molecule has 9 heteroatoms. The number of fused-ring (bicyclic) bond motifs is 2. The third-order valence-corrected chi connectivity index (χ3v) is 8.67. The molecule has 1 N–H and O–H groups in total. The van der Waals surface area contributed by atoms with E-state index in [1.54, 1.807) is 15.3 Å². The van der Waals surface area contributed by atoms with Crippen LogP contribution in [0, 0.1) is 11.3 Å². The number of sulfonamides is 1. The van der Waals surface area contributed by atoms with E-state index in [4.69, 9.17) is 5.26 Å². The largest absolute Gasteiger partial charge is 0.341 e. The molecule has 8 nitrogen and oxygen atoms in total. The molecule has 204 valence electrons. The molecule has 0 bridgehead atoms. The van der Waals surface area contributed by atoms with Gasteiger partial charge in [-0.1, -0.05) is 54.6 Å². The van der Waals surface area contributed by atoms with Crippen LogP contribution in [0.5, 0.6) is 0 Å². The van der Waals surface area contributed by atoms with Gasteiger partial charge in [0.2, 0.25) is 0 Å². The summed E-state index contributed by atoms with van der Waals surface area (Å²) in [5.74, 6) is 0. The van der Waals surface area contributed by atoms with Gasteiger partial charge in [-0.25, -0.2) is 13.2 Å². The summed E-state index contributed by atoms with van der Waals surface area (Å²) in [4.78, 5) is 13.1. The highest BCUT2D eigenvalue weighted by Gasteiger charge is 2.18. The van der Waals surface area contributed by atoms with Gasteiger partial charge in [0.15, 0.2) is 0 Å². The minimum absolute atomic E-state index is 0.0208. The van der Waals surface area contributed by atoms with E-state index in [2.05, 4.69) is 4.72 Å². The van der Waals surface area contributed by atoms with Gasteiger partial charge in [-0.3, -0.25) is 13.9 Å². The van der Waals surface area contributed by atoms with Gasteiger partial charge in [-0.05, 0) is 60.5 Å². The van der Waals surface area contributed by atoms with Crippen LogP contribution in [0.25, 0.3) is 21.9 Å². The summed E-state index contributed by atoms with van der Waals surface area (Å²) >= 11 is 0. The molecule has 2 heterocycles. The van der Waals surface area contributed by atoms with Crippen LogP contribution in [-0.2, 0) is 29.7 Å². The van der Waals surface area contributed by atoms with Crippen LogP contribution in [0.2, 0.25) is 0 Å². The predicted molar refractivity (Wildman–Crippen MR) is 160 cm³/mol. The van der Waals surface area contributed by atoms with Crippen molar-refractivity contribution in [3.63, 3.8) is 0 Å². The molecule has 0 amide bonds. The van der Waals surface area contributed by atoms with Crippen molar-refractivity contribution in [2.75, 3.05) is 4.72 Å². The van der Waals surface area contributed by atoms with E-state index in [0.29, 0.717) is 30.9 Å². The summed E-state index contributed by atoms with van der Waals surface area (Å²) in [6.07, 6.45) is 1.80. The van der Waals surface area contributed by atoms with Gasteiger partial charge >= 0.3 is 5.69 Å². The molecule has 0 unspecified atom stereocenters. The van der Waals surface area contributed by atoms with E-state index in [-0.39, 0.29) is 10.6 Å². The van der Waals surface area contributed by atoms with Crippen LogP contribution in [0.3, 0.4) is 0 Å². The molecule has 0 fully saturated rings. The second-order valence-electron chi connectivity index (χ2n) is 9.85. The average molecular weight is 562 g/mol. The van der Waals surface area contributed by atoms with Gasteiger partial charge in [0, 0.05) is 24.7 Å².